The highest BCUT2D eigenvalue weighted by Gasteiger charge is 2.44. The summed E-state index contributed by atoms with van der Waals surface area (Å²) in [5.74, 6) is -0.706. The molecule has 0 aromatic heterocycles. The number of unbranched alkanes of at least 4 members (excludes halogenated alkanes) is 39. The third-order valence-electron chi connectivity index (χ3n) is 15.5. The maximum Gasteiger partial charge on any atom is 0.249 e. The van der Waals surface area contributed by atoms with Crippen molar-refractivity contribution >= 4 is 5.91 Å². The fourth-order valence-corrected chi connectivity index (χ4v) is 10.3. The molecule has 1 amide bonds. The van der Waals surface area contributed by atoms with Crippen LogP contribution in [-0.2, 0) is 14.3 Å². The molecular weight excluding hydrogens is 931 g/mol. The van der Waals surface area contributed by atoms with Gasteiger partial charge in [-0.15, -0.1) is 0 Å². The Balaban J connectivity index is 2.26. The van der Waals surface area contributed by atoms with Gasteiger partial charge in [-0.3, -0.25) is 4.79 Å². The molecule has 11 nitrogen and oxygen atoms in total. The van der Waals surface area contributed by atoms with Crippen LogP contribution in [0.2, 0.25) is 0 Å². The monoisotopic (exact) mass is 1050 g/mol. The van der Waals surface area contributed by atoms with Crippen molar-refractivity contribution in [2.24, 2.45) is 0 Å². The van der Waals surface area contributed by atoms with Crippen LogP contribution in [0.4, 0.5) is 0 Å². The standard InChI is InChI=1S/C63H121NO10/c1-3-5-7-9-11-13-15-17-19-21-22-23-24-25-26-27-28-29-30-31-32-33-35-36-38-40-42-44-46-48-50-55(66)58(68)54(53-73-63-61(71)60(70)59(69)57(52-65)74-63)64-62(72)56(67)51-49-47-45-43-41-39-37-34-20-18-16-14-12-10-8-6-4-2/h35-36,42,44,54-61,63,65-71H,3-34,37-41,43,45-53H2,1-2H3,(H,64,72)/b36-35+,44-42+. The maximum absolute atomic E-state index is 13.2. The zero-order valence-electron chi connectivity index (χ0n) is 48.1. The van der Waals surface area contributed by atoms with Crippen LogP contribution in [0.15, 0.2) is 24.3 Å². The topological polar surface area (TPSA) is 189 Å². The van der Waals surface area contributed by atoms with E-state index in [1.807, 2.05) is 0 Å². The summed E-state index contributed by atoms with van der Waals surface area (Å²) in [6.07, 6.45) is 52.6. The Bertz CT molecular complexity index is 1250. The molecule has 1 rings (SSSR count). The fraction of sp³-hybridized carbons (Fsp3) is 0.921. The zero-order valence-corrected chi connectivity index (χ0v) is 48.1. The van der Waals surface area contributed by atoms with Gasteiger partial charge in [0, 0.05) is 0 Å². The van der Waals surface area contributed by atoms with E-state index in [0.29, 0.717) is 19.3 Å². The van der Waals surface area contributed by atoms with Crippen LogP contribution >= 0.6 is 0 Å². The molecule has 0 aliphatic carbocycles. The molecule has 9 unspecified atom stereocenters. The van der Waals surface area contributed by atoms with E-state index < -0.39 is 74.2 Å². The molecule has 0 aromatic carbocycles. The van der Waals surface area contributed by atoms with E-state index in [9.17, 15) is 40.5 Å². The SMILES string of the molecule is CCCCCCCCCCCCCCCCCCCCCCC/C=C/CC/C=C/CCCC(O)C(O)C(COC1OC(CO)C(O)C(O)C1O)NC(=O)C(O)CCCCCCCCCCCCCCCCCCC. The van der Waals surface area contributed by atoms with Gasteiger partial charge in [-0.25, -0.2) is 0 Å². The van der Waals surface area contributed by atoms with E-state index in [0.717, 1.165) is 38.5 Å². The number of hydrogen-bond acceptors (Lipinski definition) is 10. The number of aliphatic hydroxyl groups is 7. The first-order chi connectivity index (χ1) is 36.2. The van der Waals surface area contributed by atoms with E-state index in [2.05, 4.69) is 43.5 Å². The highest BCUT2D eigenvalue weighted by Crippen LogP contribution is 2.24. The Morgan fingerprint density at radius 2 is 0.811 bits per heavy atom. The van der Waals surface area contributed by atoms with Crippen LogP contribution < -0.4 is 5.32 Å². The molecule has 1 aliphatic heterocycles. The smallest absolute Gasteiger partial charge is 0.249 e. The molecule has 0 spiro atoms. The highest BCUT2D eigenvalue weighted by molar-refractivity contribution is 5.80. The average molecular weight is 1050 g/mol. The minimum atomic E-state index is -1.67. The molecule has 1 aliphatic rings. The molecule has 11 heteroatoms. The van der Waals surface area contributed by atoms with Crippen molar-refractivity contribution in [2.75, 3.05) is 13.2 Å². The van der Waals surface area contributed by atoms with Gasteiger partial charge in [0.15, 0.2) is 6.29 Å². The van der Waals surface area contributed by atoms with Crippen molar-refractivity contribution in [3.63, 3.8) is 0 Å². The van der Waals surface area contributed by atoms with Crippen molar-refractivity contribution in [1.82, 2.24) is 5.32 Å². The minimum Gasteiger partial charge on any atom is -0.394 e. The zero-order chi connectivity index (χ0) is 54.0. The molecule has 8 N–H and O–H groups in total. The molecule has 0 aromatic rings. The fourth-order valence-electron chi connectivity index (χ4n) is 10.3. The molecule has 74 heavy (non-hydrogen) atoms. The van der Waals surface area contributed by atoms with E-state index in [1.54, 1.807) is 0 Å². The van der Waals surface area contributed by atoms with Gasteiger partial charge in [0.2, 0.25) is 5.91 Å². The molecule has 0 saturated carbocycles. The number of ether oxygens (including phenoxy) is 2. The summed E-state index contributed by atoms with van der Waals surface area (Å²) in [6, 6.07) is -1.19. The third-order valence-corrected chi connectivity index (χ3v) is 15.5. The summed E-state index contributed by atoms with van der Waals surface area (Å²) < 4.78 is 11.1. The predicted octanol–water partition coefficient (Wildman–Crippen LogP) is 14.1. The van der Waals surface area contributed by atoms with Gasteiger partial charge in [0.25, 0.3) is 0 Å². The summed E-state index contributed by atoms with van der Waals surface area (Å²) in [6.45, 7) is 3.48. The van der Waals surface area contributed by atoms with Crippen LogP contribution in [-0.4, -0.2) is 110 Å². The Labute approximate surface area is 454 Å². The van der Waals surface area contributed by atoms with E-state index in [1.165, 1.54) is 218 Å². The Hall–Kier alpha value is -1.41. The second-order valence-corrected chi connectivity index (χ2v) is 22.5. The molecule has 0 bridgehead atoms. The van der Waals surface area contributed by atoms with Crippen LogP contribution in [0.1, 0.15) is 303 Å². The first-order valence-corrected chi connectivity index (χ1v) is 31.7. The van der Waals surface area contributed by atoms with Gasteiger partial charge >= 0.3 is 0 Å². The van der Waals surface area contributed by atoms with Crippen molar-refractivity contribution in [3.05, 3.63) is 24.3 Å². The van der Waals surface area contributed by atoms with Crippen LogP contribution in [0.3, 0.4) is 0 Å². The van der Waals surface area contributed by atoms with Crippen LogP contribution in [0, 0.1) is 0 Å². The van der Waals surface area contributed by atoms with Gasteiger partial charge in [0.05, 0.1) is 25.4 Å². The summed E-state index contributed by atoms with van der Waals surface area (Å²) in [7, 11) is 0. The molecule has 1 fully saturated rings. The largest absolute Gasteiger partial charge is 0.394 e. The lowest BCUT2D eigenvalue weighted by molar-refractivity contribution is -0.303. The number of carbonyl (C=O) groups excluding carboxylic acids is 1. The molecule has 1 heterocycles. The summed E-state index contributed by atoms with van der Waals surface area (Å²) in [5, 5.41) is 76.2. The normalized spacial score (nSPS) is 19.9. The van der Waals surface area contributed by atoms with Gasteiger partial charge in [0.1, 0.15) is 36.6 Å². The molecule has 438 valence electrons. The van der Waals surface area contributed by atoms with Crippen molar-refractivity contribution in [3.8, 4) is 0 Å². The quantitative estimate of drug-likeness (QED) is 0.0215. The predicted molar refractivity (Wildman–Crippen MR) is 307 cm³/mol. The summed E-state index contributed by atoms with van der Waals surface area (Å²) in [4.78, 5) is 13.2. The Morgan fingerprint density at radius 1 is 0.459 bits per heavy atom. The third kappa shape index (κ3) is 39.9. The Kier molecular flexibility index (Phi) is 49.9. The van der Waals surface area contributed by atoms with Crippen LogP contribution in [0.25, 0.3) is 0 Å². The summed E-state index contributed by atoms with van der Waals surface area (Å²) >= 11 is 0. The number of nitrogens with one attached hydrogen (secondary N) is 1. The first kappa shape index (κ1) is 70.6. The second-order valence-electron chi connectivity index (χ2n) is 22.5. The number of rotatable bonds is 55. The number of hydrogen-bond donors (Lipinski definition) is 8. The van der Waals surface area contributed by atoms with E-state index >= 15 is 0 Å². The second kappa shape index (κ2) is 52.3. The van der Waals surface area contributed by atoms with Crippen molar-refractivity contribution in [2.45, 2.75) is 358 Å². The van der Waals surface area contributed by atoms with Gasteiger partial charge in [-0.2, -0.15) is 0 Å². The van der Waals surface area contributed by atoms with Gasteiger partial charge < -0.3 is 50.5 Å². The van der Waals surface area contributed by atoms with Crippen LogP contribution in [0.5, 0.6) is 0 Å². The Morgan fingerprint density at radius 3 is 1.20 bits per heavy atom. The molecule has 0 radical (unpaired) electrons. The highest BCUT2D eigenvalue weighted by atomic mass is 16.7. The lowest BCUT2D eigenvalue weighted by Crippen LogP contribution is -2.60. The lowest BCUT2D eigenvalue weighted by atomic mass is 9.98. The van der Waals surface area contributed by atoms with Gasteiger partial charge in [-0.05, 0) is 51.4 Å². The number of allylic oxidation sites excluding steroid dienone is 4. The molecule has 1 saturated heterocycles. The maximum atomic E-state index is 13.2. The first-order valence-electron chi connectivity index (χ1n) is 31.7. The average Bonchev–Trinajstić information content (AvgIpc) is 3.40. The number of amides is 1. The van der Waals surface area contributed by atoms with Gasteiger partial charge in [-0.1, -0.05) is 276 Å². The number of aliphatic hydroxyl groups excluding tert-OH is 7. The van der Waals surface area contributed by atoms with E-state index in [-0.39, 0.29) is 12.8 Å². The van der Waals surface area contributed by atoms with E-state index in [4.69, 9.17) is 9.47 Å². The summed E-state index contributed by atoms with van der Waals surface area (Å²) in [5.41, 5.74) is 0. The number of carbonyl (C=O) groups is 1. The molecular formula is C63H121NO10. The van der Waals surface area contributed by atoms with Crippen molar-refractivity contribution in [1.29, 1.82) is 0 Å². The minimum absolute atomic E-state index is 0.249. The molecule has 9 atom stereocenters. The van der Waals surface area contributed by atoms with Crippen molar-refractivity contribution < 1.29 is 50.0 Å². The lowest BCUT2D eigenvalue weighted by Gasteiger charge is -2.40.